The van der Waals surface area contributed by atoms with Crippen LogP contribution in [-0.2, 0) is 9.59 Å². The van der Waals surface area contributed by atoms with E-state index in [1.807, 2.05) is 36.1 Å². The topological polar surface area (TPSA) is 78.7 Å². The Morgan fingerprint density at radius 2 is 1.75 bits per heavy atom. The van der Waals surface area contributed by atoms with E-state index in [0.717, 1.165) is 49.9 Å². The van der Waals surface area contributed by atoms with Crippen LogP contribution in [0.25, 0.3) is 11.1 Å². The van der Waals surface area contributed by atoms with Gasteiger partial charge in [0.25, 0.3) is 6.01 Å². The number of rotatable bonds is 4. The van der Waals surface area contributed by atoms with Crippen molar-refractivity contribution < 1.29 is 14.0 Å². The van der Waals surface area contributed by atoms with E-state index in [-0.39, 0.29) is 23.7 Å². The maximum absolute atomic E-state index is 12.9. The number of carbonyl (C=O) groups is 2. The number of hydrogen-bond donors (Lipinski definition) is 1. The first-order valence-electron chi connectivity index (χ1n) is 10.3. The van der Waals surface area contributed by atoms with Crippen molar-refractivity contribution in [3.63, 3.8) is 0 Å². The molecule has 7 nitrogen and oxygen atoms in total. The Hall–Kier alpha value is -2.57. The Kier molecular flexibility index (Phi) is 5.50. The summed E-state index contributed by atoms with van der Waals surface area (Å²) in [4.78, 5) is 33.5. The monoisotopic (exact) mass is 384 g/mol. The van der Waals surface area contributed by atoms with Gasteiger partial charge in [-0.25, -0.2) is 0 Å². The molecule has 7 heteroatoms. The molecule has 3 heterocycles. The van der Waals surface area contributed by atoms with Gasteiger partial charge in [0, 0.05) is 44.6 Å². The van der Waals surface area contributed by atoms with E-state index in [1.54, 1.807) is 0 Å². The molecule has 0 bridgehead atoms. The van der Waals surface area contributed by atoms with E-state index < -0.39 is 0 Å². The molecule has 4 rings (SSSR count). The van der Waals surface area contributed by atoms with Gasteiger partial charge < -0.3 is 19.5 Å². The van der Waals surface area contributed by atoms with Crippen LogP contribution in [0.5, 0.6) is 0 Å². The Balaban J connectivity index is 1.29. The summed E-state index contributed by atoms with van der Waals surface area (Å²) in [6.45, 7) is 5.52. The summed E-state index contributed by atoms with van der Waals surface area (Å²) in [5, 5.41) is 2.89. The molecule has 2 saturated heterocycles. The van der Waals surface area contributed by atoms with Gasteiger partial charge in [-0.2, -0.15) is 4.98 Å². The number of aromatic nitrogens is 1. The molecule has 2 amide bonds. The van der Waals surface area contributed by atoms with Crippen LogP contribution in [-0.4, -0.2) is 54.4 Å². The average molecular weight is 384 g/mol. The lowest BCUT2D eigenvalue weighted by Gasteiger charge is -2.36. The van der Waals surface area contributed by atoms with Crippen LogP contribution in [0.2, 0.25) is 0 Å². The predicted molar refractivity (Wildman–Crippen MR) is 107 cm³/mol. The van der Waals surface area contributed by atoms with Gasteiger partial charge in [-0.15, -0.1) is 0 Å². The SMILES string of the molecule is CCNC(=O)C1CCN(C(=O)C2CCN(c3nc4ccccc4o3)CC2)CC1. The fourth-order valence-corrected chi connectivity index (χ4v) is 4.25. The molecule has 0 atom stereocenters. The minimum Gasteiger partial charge on any atom is -0.423 e. The molecule has 2 aliphatic rings. The lowest BCUT2D eigenvalue weighted by Crippen LogP contribution is -2.47. The van der Waals surface area contributed by atoms with Crippen molar-refractivity contribution in [1.29, 1.82) is 0 Å². The lowest BCUT2D eigenvalue weighted by molar-refractivity contribution is -0.139. The largest absolute Gasteiger partial charge is 0.423 e. The van der Waals surface area contributed by atoms with E-state index in [1.165, 1.54) is 0 Å². The number of likely N-dealkylation sites (tertiary alicyclic amines) is 1. The van der Waals surface area contributed by atoms with Crippen LogP contribution < -0.4 is 10.2 Å². The van der Waals surface area contributed by atoms with Gasteiger partial charge >= 0.3 is 0 Å². The van der Waals surface area contributed by atoms with Crippen molar-refractivity contribution in [3.8, 4) is 0 Å². The third kappa shape index (κ3) is 3.84. The van der Waals surface area contributed by atoms with Gasteiger partial charge in [-0.05, 0) is 44.7 Å². The number of amides is 2. The van der Waals surface area contributed by atoms with Crippen molar-refractivity contribution >= 4 is 28.9 Å². The van der Waals surface area contributed by atoms with E-state index in [0.29, 0.717) is 25.6 Å². The lowest BCUT2D eigenvalue weighted by atomic mass is 9.92. The summed E-state index contributed by atoms with van der Waals surface area (Å²) in [5.41, 5.74) is 1.66. The molecule has 0 unspecified atom stereocenters. The van der Waals surface area contributed by atoms with Gasteiger partial charge in [-0.3, -0.25) is 9.59 Å². The van der Waals surface area contributed by atoms with Crippen LogP contribution in [0.1, 0.15) is 32.6 Å². The Morgan fingerprint density at radius 1 is 1.07 bits per heavy atom. The van der Waals surface area contributed by atoms with Crippen LogP contribution in [0.15, 0.2) is 28.7 Å². The number of carbonyl (C=O) groups excluding carboxylic acids is 2. The summed E-state index contributed by atoms with van der Waals surface area (Å²) < 4.78 is 5.86. The summed E-state index contributed by atoms with van der Waals surface area (Å²) in [6, 6.07) is 8.41. The molecule has 150 valence electrons. The number of piperidine rings is 2. The molecule has 0 aliphatic carbocycles. The smallest absolute Gasteiger partial charge is 0.298 e. The number of benzene rings is 1. The third-order valence-electron chi connectivity index (χ3n) is 5.93. The fourth-order valence-electron chi connectivity index (χ4n) is 4.25. The minimum atomic E-state index is 0.0463. The van der Waals surface area contributed by atoms with Crippen LogP contribution in [0.4, 0.5) is 6.01 Å². The average Bonchev–Trinajstić information content (AvgIpc) is 3.18. The maximum Gasteiger partial charge on any atom is 0.298 e. The minimum absolute atomic E-state index is 0.0463. The van der Waals surface area contributed by atoms with Crippen molar-refractivity contribution in [1.82, 2.24) is 15.2 Å². The molecule has 0 radical (unpaired) electrons. The molecule has 2 aliphatic heterocycles. The number of anilines is 1. The number of hydrogen-bond acceptors (Lipinski definition) is 5. The van der Waals surface area contributed by atoms with Crippen molar-refractivity contribution in [2.24, 2.45) is 11.8 Å². The van der Waals surface area contributed by atoms with E-state index in [9.17, 15) is 9.59 Å². The molecule has 28 heavy (non-hydrogen) atoms. The second kappa shape index (κ2) is 8.20. The van der Waals surface area contributed by atoms with Gasteiger partial charge in [0.05, 0.1) is 0 Å². The Labute approximate surface area is 165 Å². The molecule has 1 aromatic carbocycles. The maximum atomic E-state index is 12.9. The first-order chi connectivity index (χ1) is 13.7. The highest BCUT2D eigenvalue weighted by Gasteiger charge is 2.33. The first-order valence-corrected chi connectivity index (χ1v) is 10.3. The zero-order chi connectivity index (χ0) is 19.5. The molecule has 2 fully saturated rings. The number of nitrogens with zero attached hydrogens (tertiary/aromatic N) is 3. The fraction of sp³-hybridized carbons (Fsp3) is 0.571. The number of nitrogens with one attached hydrogen (secondary N) is 1. The highest BCUT2D eigenvalue weighted by molar-refractivity contribution is 5.81. The van der Waals surface area contributed by atoms with Crippen molar-refractivity contribution in [2.45, 2.75) is 32.6 Å². The van der Waals surface area contributed by atoms with Crippen molar-refractivity contribution in [3.05, 3.63) is 24.3 Å². The zero-order valence-corrected chi connectivity index (χ0v) is 16.4. The number of para-hydroxylation sites is 2. The van der Waals surface area contributed by atoms with Gasteiger partial charge in [0.2, 0.25) is 11.8 Å². The summed E-state index contributed by atoms with van der Waals surface area (Å²) in [7, 11) is 0. The molecule has 1 N–H and O–H groups in total. The Morgan fingerprint density at radius 3 is 2.43 bits per heavy atom. The first kappa shape index (κ1) is 18.8. The second-order valence-corrected chi connectivity index (χ2v) is 7.72. The number of oxazole rings is 1. The normalized spacial score (nSPS) is 19.2. The van der Waals surface area contributed by atoms with Crippen molar-refractivity contribution in [2.75, 3.05) is 37.6 Å². The van der Waals surface area contributed by atoms with E-state index in [4.69, 9.17) is 4.42 Å². The van der Waals surface area contributed by atoms with E-state index in [2.05, 4.69) is 15.2 Å². The standard InChI is InChI=1S/C21H28N4O3/c1-2-22-19(26)15-7-11-24(12-8-15)20(27)16-9-13-25(14-10-16)21-23-17-5-3-4-6-18(17)28-21/h3-6,15-16H,2,7-14H2,1H3,(H,22,26). The highest BCUT2D eigenvalue weighted by atomic mass is 16.4. The molecule has 2 aromatic rings. The van der Waals surface area contributed by atoms with Gasteiger partial charge in [-0.1, -0.05) is 12.1 Å². The van der Waals surface area contributed by atoms with Crippen LogP contribution in [0, 0.1) is 11.8 Å². The summed E-state index contributed by atoms with van der Waals surface area (Å²) in [6.07, 6.45) is 3.15. The number of fused-ring (bicyclic) bond motifs is 1. The highest BCUT2D eigenvalue weighted by Crippen LogP contribution is 2.28. The van der Waals surface area contributed by atoms with Gasteiger partial charge in [0.15, 0.2) is 5.58 Å². The van der Waals surface area contributed by atoms with Crippen LogP contribution >= 0.6 is 0 Å². The third-order valence-corrected chi connectivity index (χ3v) is 5.93. The molecular weight excluding hydrogens is 356 g/mol. The zero-order valence-electron chi connectivity index (χ0n) is 16.4. The Bertz CT molecular complexity index is 800. The van der Waals surface area contributed by atoms with Gasteiger partial charge in [0.1, 0.15) is 5.52 Å². The molecule has 0 saturated carbocycles. The summed E-state index contributed by atoms with van der Waals surface area (Å²) >= 11 is 0. The predicted octanol–water partition coefficient (Wildman–Crippen LogP) is 2.42. The quantitative estimate of drug-likeness (QED) is 0.876. The molecular formula is C21H28N4O3. The second-order valence-electron chi connectivity index (χ2n) is 7.72. The van der Waals surface area contributed by atoms with E-state index >= 15 is 0 Å². The van der Waals surface area contributed by atoms with Crippen LogP contribution in [0.3, 0.4) is 0 Å². The molecule has 0 spiro atoms. The summed E-state index contributed by atoms with van der Waals surface area (Å²) in [5.74, 6) is 0.472. The molecule has 1 aromatic heterocycles.